The molecular formula is C14H16BrNO3. The number of rotatable bonds is 2. The van der Waals surface area contributed by atoms with Gasteiger partial charge in [0.25, 0.3) is 5.91 Å². The van der Waals surface area contributed by atoms with Crippen LogP contribution in [0, 0.1) is 12.8 Å². The highest BCUT2D eigenvalue weighted by Gasteiger charge is 2.32. The zero-order valence-electron chi connectivity index (χ0n) is 11.0. The van der Waals surface area contributed by atoms with Gasteiger partial charge in [0, 0.05) is 23.1 Å². The van der Waals surface area contributed by atoms with Crippen LogP contribution in [0.1, 0.15) is 22.3 Å². The maximum absolute atomic E-state index is 12.4. The van der Waals surface area contributed by atoms with E-state index in [1.165, 1.54) is 7.11 Å². The zero-order valence-corrected chi connectivity index (χ0v) is 12.6. The number of esters is 1. The normalized spacial score (nSPS) is 18.5. The van der Waals surface area contributed by atoms with Gasteiger partial charge in [-0.15, -0.1) is 0 Å². The average molecular weight is 326 g/mol. The molecule has 0 radical (unpaired) electrons. The molecule has 0 spiro atoms. The van der Waals surface area contributed by atoms with Crippen molar-refractivity contribution in [1.82, 2.24) is 4.90 Å². The van der Waals surface area contributed by atoms with Gasteiger partial charge in [0.05, 0.1) is 13.0 Å². The van der Waals surface area contributed by atoms with E-state index in [2.05, 4.69) is 15.9 Å². The molecule has 1 atom stereocenters. The van der Waals surface area contributed by atoms with E-state index in [1.807, 2.05) is 25.1 Å². The van der Waals surface area contributed by atoms with Crippen LogP contribution in [0.5, 0.6) is 0 Å². The smallest absolute Gasteiger partial charge is 0.310 e. The molecule has 1 heterocycles. The summed E-state index contributed by atoms with van der Waals surface area (Å²) in [7, 11) is 1.38. The summed E-state index contributed by atoms with van der Waals surface area (Å²) in [6.45, 7) is 2.96. The number of methoxy groups -OCH3 is 1. The van der Waals surface area contributed by atoms with Crippen molar-refractivity contribution >= 4 is 27.8 Å². The maximum atomic E-state index is 12.4. The quantitative estimate of drug-likeness (QED) is 0.784. The number of carbonyl (C=O) groups is 2. The SMILES string of the molecule is COC(=O)C1CCN(C(=O)c2ccc(Br)cc2C)C1. The standard InChI is InChI=1S/C14H16BrNO3/c1-9-7-11(15)3-4-12(9)13(17)16-6-5-10(8-16)14(18)19-2/h3-4,7,10H,5-6,8H2,1-2H3. The zero-order chi connectivity index (χ0) is 14.0. The van der Waals surface area contributed by atoms with E-state index in [4.69, 9.17) is 4.74 Å². The summed E-state index contributed by atoms with van der Waals surface area (Å²) in [6.07, 6.45) is 0.675. The van der Waals surface area contributed by atoms with Crippen LogP contribution in [-0.2, 0) is 9.53 Å². The molecule has 1 fully saturated rings. The average Bonchev–Trinajstić information content (AvgIpc) is 2.86. The third-order valence-corrected chi connectivity index (χ3v) is 3.92. The lowest BCUT2D eigenvalue weighted by atomic mass is 10.1. The van der Waals surface area contributed by atoms with E-state index in [1.54, 1.807) is 4.90 Å². The molecule has 19 heavy (non-hydrogen) atoms. The first-order chi connectivity index (χ1) is 9.02. The van der Waals surface area contributed by atoms with E-state index in [9.17, 15) is 9.59 Å². The highest BCUT2D eigenvalue weighted by atomic mass is 79.9. The molecule has 1 saturated heterocycles. The number of halogens is 1. The number of hydrogen-bond donors (Lipinski definition) is 0. The highest BCUT2D eigenvalue weighted by Crippen LogP contribution is 2.22. The molecule has 0 N–H and O–H groups in total. The fourth-order valence-electron chi connectivity index (χ4n) is 2.34. The van der Waals surface area contributed by atoms with Crippen LogP contribution in [0.3, 0.4) is 0 Å². The molecular weight excluding hydrogens is 310 g/mol. The summed E-state index contributed by atoms with van der Waals surface area (Å²) in [5.74, 6) is -0.441. The predicted octanol–water partition coefficient (Wildman–Crippen LogP) is 2.39. The second-order valence-corrected chi connectivity index (χ2v) is 5.63. The maximum Gasteiger partial charge on any atom is 0.310 e. The summed E-state index contributed by atoms with van der Waals surface area (Å²) >= 11 is 3.38. The van der Waals surface area contributed by atoms with Crippen LogP contribution in [0.15, 0.2) is 22.7 Å². The minimum absolute atomic E-state index is 0.0172. The van der Waals surface area contributed by atoms with Crippen LogP contribution >= 0.6 is 15.9 Å². The monoisotopic (exact) mass is 325 g/mol. The summed E-state index contributed by atoms with van der Waals surface area (Å²) in [5.41, 5.74) is 1.62. The molecule has 1 aromatic carbocycles. The Morgan fingerprint density at radius 2 is 2.16 bits per heavy atom. The Hall–Kier alpha value is -1.36. The van der Waals surface area contributed by atoms with Gasteiger partial charge in [-0.3, -0.25) is 9.59 Å². The van der Waals surface area contributed by atoms with Crippen molar-refractivity contribution < 1.29 is 14.3 Å². The van der Waals surface area contributed by atoms with Gasteiger partial charge in [0.2, 0.25) is 0 Å². The molecule has 1 aromatic rings. The Balaban J connectivity index is 2.11. The molecule has 102 valence electrons. The molecule has 0 aromatic heterocycles. The number of carbonyl (C=O) groups excluding carboxylic acids is 2. The van der Waals surface area contributed by atoms with Gasteiger partial charge in [-0.05, 0) is 37.1 Å². The summed E-state index contributed by atoms with van der Waals surface area (Å²) < 4.78 is 5.68. The summed E-state index contributed by atoms with van der Waals surface area (Å²) in [6, 6.07) is 5.59. The Morgan fingerprint density at radius 1 is 1.42 bits per heavy atom. The number of ether oxygens (including phenoxy) is 1. The number of benzene rings is 1. The highest BCUT2D eigenvalue weighted by molar-refractivity contribution is 9.10. The lowest BCUT2D eigenvalue weighted by Gasteiger charge is -2.17. The van der Waals surface area contributed by atoms with Crippen molar-refractivity contribution in [2.45, 2.75) is 13.3 Å². The fourth-order valence-corrected chi connectivity index (χ4v) is 2.82. The first-order valence-corrected chi connectivity index (χ1v) is 6.95. The van der Waals surface area contributed by atoms with Crippen LogP contribution in [0.25, 0.3) is 0 Å². The van der Waals surface area contributed by atoms with Gasteiger partial charge in [-0.1, -0.05) is 15.9 Å². The fraction of sp³-hybridized carbons (Fsp3) is 0.429. The lowest BCUT2D eigenvalue weighted by Crippen LogP contribution is -2.30. The molecule has 1 unspecified atom stereocenters. The number of hydrogen-bond acceptors (Lipinski definition) is 3. The number of nitrogens with zero attached hydrogens (tertiary/aromatic N) is 1. The Kier molecular flexibility index (Phi) is 4.24. The molecule has 0 saturated carbocycles. The van der Waals surface area contributed by atoms with E-state index in [0.29, 0.717) is 25.1 Å². The minimum atomic E-state index is -0.233. The van der Waals surface area contributed by atoms with Crippen LogP contribution in [0.4, 0.5) is 0 Å². The molecule has 1 aliphatic rings. The molecule has 4 nitrogen and oxygen atoms in total. The van der Waals surface area contributed by atoms with Gasteiger partial charge in [0.15, 0.2) is 0 Å². The molecule has 1 aliphatic heterocycles. The van der Waals surface area contributed by atoms with Crippen molar-refractivity contribution in [1.29, 1.82) is 0 Å². The second kappa shape index (κ2) is 5.74. The third kappa shape index (κ3) is 2.97. The number of likely N-dealkylation sites (tertiary alicyclic amines) is 1. The molecule has 5 heteroatoms. The molecule has 0 aliphatic carbocycles. The minimum Gasteiger partial charge on any atom is -0.469 e. The van der Waals surface area contributed by atoms with Crippen LogP contribution in [-0.4, -0.2) is 37.0 Å². The van der Waals surface area contributed by atoms with E-state index < -0.39 is 0 Å². The largest absolute Gasteiger partial charge is 0.469 e. The van der Waals surface area contributed by atoms with Gasteiger partial charge in [-0.25, -0.2) is 0 Å². The number of amides is 1. The van der Waals surface area contributed by atoms with Crippen LogP contribution < -0.4 is 0 Å². The molecule has 0 bridgehead atoms. The lowest BCUT2D eigenvalue weighted by molar-refractivity contribution is -0.144. The molecule has 1 amide bonds. The van der Waals surface area contributed by atoms with E-state index in [0.717, 1.165) is 10.0 Å². The van der Waals surface area contributed by atoms with E-state index in [-0.39, 0.29) is 17.8 Å². The first kappa shape index (κ1) is 14.1. The topological polar surface area (TPSA) is 46.6 Å². The van der Waals surface area contributed by atoms with Crippen molar-refractivity contribution in [3.05, 3.63) is 33.8 Å². The van der Waals surface area contributed by atoms with Crippen LogP contribution in [0.2, 0.25) is 0 Å². The summed E-state index contributed by atoms with van der Waals surface area (Å²) in [5, 5.41) is 0. The predicted molar refractivity (Wildman–Crippen MR) is 74.9 cm³/mol. The third-order valence-electron chi connectivity index (χ3n) is 3.43. The van der Waals surface area contributed by atoms with Gasteiger partial charge in [0.1, 0.15) is 0 Å². The van der Waals surface area contributed by atoms with Gasteiger partial charge < -0.3 is 9.64 Å². The van der Waals surface area contributed by atoms with Gasteiger partial charge in [-0.2, -0.15) is 0 Å². The van der Waals surface area contributed by atoms with Crippen molar-refractivity contribution in [3.63, 3.8) is 0 Å². The van der Waals surface area contributed by atoms with Crippen molar-refractivity contribution in [2.24, 2.45) is 5.92 Å². The Bertz CT molecular complexity index is 515. The van der Waals surface area contributed by atoms with Gasteiger partial charge >= 0.3 is 5.97 Å². The first-order valence-electron chi connectivity index (χ1n) is 6.16. The summed E-state index contributed by atoms with van der Waals surface area (Å²) in [4.78, 5) is 25.6. The number of aryl methyl sites for hydroxylation is 1. The van der Waals surface area contributed by atoms with E-state index >= 15 is 0 Å². The van der Waals surface area contributed by atoms with Crippen molar-refractivity contribution in [3.8, 4) is 0 Å². The Morgan fingerprint density at radius 3 is 2.79 bits per heavy atom. The second-order valence-electron chi connectivity index (χ2n) is 4.72. The molecule has 2 rings (SSSR count). The Labute approximate surface area is 120 Å². The van der Waals surface area contributed by atoms with Crippen molar-refractivity contribution in [2.75, 3.05) is 20.2 Å².